The van der Waals surface area contributed by atoms with Gasteiger partial charge in [-0.15, -0.1) is 0 Å². The van der Waals surface area contributed by atoms with Crippen LogP contribution in [0.1, 0.15) is 19.4 Å². The molecule has 0 spiro atoms. The number of benzene rings is 1. The Hall–Kier alpha value is -0.570. The van der Waals surface area contributed by atoms with Gasteiger partial charge >= 0.3 is 0 Å². The van der Waals surface area contributed by atoms with Gasteiger partial charge in [0.2, 0.25) is 0 Å². The third-order valence-corrected chi connectivity index (χ3v) is 3.34. The van der Waals surface area contributed by atoms with Crippen molar-refractivity contribution in [3.05, 3.63) is 34.9 Å². The van der Waals surface area contributed by atoms with Crippen molar-refractivity contribution in [3.8, 4) is 0 Å². The van der Waals surface area contributed by atoms with Gasteiger partial charge in [0, 0.05) is 24.7 Å². The number of nitrogens with zero attached hydrogens (tertiary/aromatic N) is 1. The normalized spacial score (nSPS) is 13.4. The molecule has 0 bridgehead atoms. The second-order valence-electron chi connectivity index (χ2n) is 5.01. The van der Waals surface area contributed by atoms with Gasteiger partial charge < -0.3 is 10.0 Å². The molecule has 17 heavy (non-hydrogen) atoms. The zero-order chi connectivity index (χ0) is 12.8. The summed E-state index contributed by atoms with van der Waals surface area (Å²) in [6.45, 7) is 6.36. The Morgan fingerprint density at radius 3 is 2.29 bits per heavy atom. The molecule has 1 rings (SSSR count). The molecule has 1 N–H and O–H groups in total. The van der Waals surface area contributed by atoms with Crippen molar-refractivity contribution in [1.82, 2.24) is 4.90 Å². The highest BCUT2D eigenvalue weighted by molar-refractivity contribution is 6.30. The van der Waals surface area contributed by atoms with Crippen LogP contribution in [0.5, 0.6) is 0 Å². The van der Waals surface area contributed by atoms with Crippen LogP contribution in [0.2, 0.25) is 5.02 Å². The minimum Gasteiger partial charge on any atom is -0.396 e. The summed E-state index contributed by atoms with van der Waals surface area (Å²) in [5.74, 6) is 0.847. The van der Waals surface area contributed by atoms with E-state index in [1.807, 2.05) is 24.3 Å². The lowest BCUT2D eigenvalue weighted by atomic mass is 9.96. The van der Waals surface area contributed by atoms with E-state index in [-0.39, 0.29) is 6.61 Å². The van der Waals surface area contributed by atoms with Gasteiger partial charge in [0.15, 0.2) is 0 Å². The molecule has 0 aliphatic heterocycles. The fourth-order valence-electron chi connectivity index (χ4n) is 1.85. The minimum absolute atomic E-state index is 0.253. The maximum absolute atomic E-state index is 9.30. The van der Waals surface area contributed by atoms with Crippen LogP contribution < -0.4 is 0 Å². The molecular formula is C14H22ClNO. The van der Waals surface area contributed by atoms with Crippen molar-refractivity contribution in [1.29, 1.82) is 0 Å². The van der Waals surface area contributed by atoms with Crippen molar-refractivity contribution in [2.24, 2.45) is 11.8 Å². The third-order valence-electron chi connectivity index (χ3n) is 3.09. The van der Waals surface area contributed by atoms with Gasteiger partial charge in [0.05, 0.1) is 0 Å². The summed E-state index contributed by atoms with van der Waals surface area (Å²) in [6, 6.07) is 7.91. The van der Waals surface area contributed by atoms with Crippen molar-refractivity contribution in [2.75, 3.05) is 20.2 Å². The summed E-state index contributed by atoms with van der Waals surface area (Å²) in [5, 5.41) is 10.1. The predicted molar refractivity (Wildman–Crippen MR) is 73.2 cm³/mol. The van der Waals surface area contributed by atoms with Crippen LogP contribution in [0, 0.1) is 11.8 Å². The standard InChI is InChI=1S/C14H22ClNO/c1-11(2)13(10-17)9-16(3)8-12-4-6-14(15)7-5-12/h4-7,11,13,17H,8-10H2,1-3H3. The molecule has 1 atom stereocenters. The highest BCUT2D eigenvalue weighted by Gasteiger charge is 2.14. The number of aliphatic hydroxyl groups excluding tert-OH is 1. The van der Waals surface area contributed by atoms with Crippen LogP contribution in [-0.4, -0.2) is 30.2 Å². The number of halogens is 1. The monoisotopic (exact) mass is 255 g/mol. The molecule has 1 aromatic carbocycles. The van der Waals surface area contributed by atoms with Crippen LogP contribution in [0.4, 0.5) is 0 Å². The van der Waals surface area contributed by atoms with Crippen LogP contribution in [-0.2, 0) is 6.54 Å². The van der Waals surface area contributed by atoms with Crippen molar-refractivity contribution < 1.29 is 5.11 Å². The molecule has 0 fully saturated rings. The minimum atomic E-state index is 0.253. The van der Waals surface area contributed by atoms with Crippen molar-refractivity contribution >= 4 is 11.6 Å². The number of rotatable bonds is 6. The zero-order valence-electron chi connectivity index (χ0n) is 10.9. The quantitative estimate of drug-likeness (QED) is 0.845. The van der Waals surface area contributed by atoms with E-state index >= 15 is 0 Å². The molecule has 0 aromatic heterocycles. The number of aliphatic hydroxyl groups is 1. The van der Waals surface area contributed by atoms with Gasteiger partial charge in [-0.3, -0.25) is 0 Å². The lowest BCUT2D eigenvalue weighted by Gasteiger charge is -2.25. The van der Waals surface area contributed by atoms with E-state index in [2.05, 4.69) is 25.8 Å². The molecule has 96 valence electrons. The SMILES string of the molecule is CC(C)C(CO)CN(C)Cc1ccc(Cl)cc1. The second-order valence-corrected chi connectivity index (χ2v) is 5.45. The van der Waals surface area contributed by atoms with E-state index < -0.39 is 0 Å². The van der Waals surface area contributed by atoms with E-state index in [0.717, 1.165) is 18.1 Å². The Bertz CT molecular complexity index is 323. The summed E-state index contributed by atoms with van der Waals surface area (Å²) < 4.78 is 0. The smallest absolute Gasteiger partial charge is 0.0473 e. The first-order chi connectivity index (χ1) is 8.02. The van der Waals surface area contributed by atoms with E-state index in [9.17, 15) is 5.11 Å². The Morgan fingerprint density at radius 1 is 1.24 bits per heavy atom. The first-order valence-corrected chi connectivity index (χ1v) is 6.44. The van der Waals surface area contributed by atoms with Crippen molar-refractivity contribution in [3.63, 3.8) is 0 Å². The molecular weight excluding hydrogens is 234 g/mol. The lowest BCUT2D eigenvalue weighted by Crippen LogP contribution is -2.30. The molecule has 0 amide bonds. The number of hydrogen-bond donors (Lipinski definition) is 1. The predicted octanol–water partition coefficient (Wildman–Crippen LogP) is 3.04. The molecule has 1 aromatic rings. The summed E-state index contributed by atoms with van der Waals surface area (Å²) in [5.41, 5.74) is 1.25. The first kappa shape index (κ1) is 14.5. The van der Waals surface area contributed by atoms with Crippen LogP contribution >= 0.6 is 11.6 Å². The highest BCUT2D eigenvalue weighted by atomic mass is 35.5. The molecule has 0 aliphatic carbocycles. The van der Waals surface area contributed by atoms with E-state index in [1.54, 1.807) is 0 Å². The third kappa shape index (κ3) is 5.07. The van der Waals surface area contributed by atoms with Gasteiger partial charge in [-0.1, -0.05) is 37.6 Å². The molecule has 0 radical (unpaired) electrons. The van der Waals surface area contributed by atoms with Crippen molar-refractivity contribution in [2.45, 2.75) is 20.4 Å². The second kappa shape index (κ2) is 7.00. The molecule has 0 saturated carbocycles. The summed E-state index contributed by atoms with van der Waals surface area (Å²) in [6.07, 6.45) is 0. The molecule has 1 unspecified atom stereocenters. The van der Waals surface area contributed by atoms with Crippen LogP contribution in [0.25, 0.3) is 0 Å². The largest absolute Gasteiger partial charge is 0.396 e. The van der Waals surface area contributed by atoms with Crippen LogP contribution in [0.15, 0.2) is 24.3 Å². The van der Waals surface area contributed by atoms with E-state index in [0.29, 0.717) is 11.8 Å². The molecule has 0 heterocycles. The lowest BCUT2D eigenvalue weighted by molar-refractivity contribution is 0.143. The van der Waals surface area contributed by atoms with E-state index in [4.69, 9.17) is 11.6 Å². The van der Waals surface area contributed by atoms with Gasteiger partial charge in [-0.05, 0) is 36.6 Å². The van der Waals surface area contributed by atoms with Gasteiger partial charge in [0.1, 0.15) is 0 Å². The Morgan fingerprint density at radius 2 is 1.82 bits per heavy atom. The average Bonchev–Trinajstić information content (AvgIpc) is 2.28. The molecule has 0 saturated heterocycles. The van der Waals surface area contributed by atoms with Gasteiger partial charge in [-0.25, -0.2) is 0 Å². The van der Waals surface area contributed by atoms with Gasteiger partial charge in [-0.2, -0.15) is 0 Å². The number of hydrogen-bond acceptors (Lipinski definition) is 2. The first-order valence-electron chi connectivity index (χ1n) is 6.06. The summed E-state index contributed by atoms with van der Waals surface area (Å²) in [4.78, 5) is 2.24. The summed E-state index contributed by atoms with van der Waals surface area (Å²) >= 11 is 5.85. The molecule has 0 aliphatic rings. The molecule has 3 heteroatoms. The average molecular weight is 256 g/mol. The maximum atomic E-state index is 9.30. The fraction of sp³-hybridized carbons (Fsp3) is 0.571. The Labute approximate surface area is 109 Å². The fourth-order valence-corrected chi connectivity index (χ4v) is 1.97. The molecule has 2 nitrogen and oxygen atoms in total. The zero-order valence-corrected chi connectivity index (χ0v) is 11.6. The van der Waals surface area contributed by atoms with Gasteiger partial charge in [0.25, 0.3) is 0 Å². The summed E-state index contributed by atoms with van der Waals surface area (Å²) in [7, 11) is 2.08. The Kier molecular flexibility index (Phi) is 5.96. The maximum Gasteiger partial charge on any atom is 0.0473 e. The van der Waals surface area contributed by atoms with Crippen LogP contribution in [0.3, 0.4) is 0 Å². The topological polar surface area (TPSA) is 23.5 Å². The van der Waals surface area contributed by atoms with E-state index in [1.165, 1.54) is 5.56 Å². The Balaban J connectivity index is 2.48. The highest BCUT2D eigenvalue weighted by Crippen LogP contribution is 2.14.